The first kappa shape index (κ1) is 27.6. The first-order valence-electron chi connectivity index (χ1n) is 13.8. The smallest absolute Gasteiger partial charge is 0.195 e. The molecule has 9 nitrogen and oxygen atoms in total. The van der Waals surface area contributed by atoms with Crippen molar-refractivity contribution in [2.24, 2.45) is 5.73 Å². The van der Waals surface area contributed by atoms with Gasteiger partial charge in [0, 0.05) is 48.8 Å². The molecule has 3 N–H and O–H groups in total. The molecule has 2 atom stereocenters. The maximum atomic E-state index is 15.1. The van der Waals surface area contributed by atoms with Crippen LogP contribution in [0.2, 0.25) is 0 Å². The van der Waals surface area contributed by atoms with Crippen LogP contribution in [0.1, 0.15) is 24.0 Å². The standard InChI is InChI=1S/C30H33F2N5O4/c1-18-10-20(2-3-22(18)31)36-29-21-11-19(26(13-24(21)34-17-35-29)41-16-30(33)5-6-30)12-25(38)23(32)4-7-37-14-27-28(15-37)40-9-8-39-27/h2-4,10-11,13,17,27-28H,5-9,12,14-16,33H2,1H3,(H,34,35,36)/b23-4-/t27-,28-/m0/s1. The lowest BCUT2D eigenvalue weighted by Crippen LogP contribution is -2.36. The summed E-state index contributed by atoms with van der Waals surface area (Å²) in [5, 5.41) is 3.82. The van der Waals surface area contributed by atoms with Gasteiger partial charge in [0.05, 0.1) is 36.5 Å². The van der Waals surface area contributed by atoms with E-state index in [1.807, 2.05) is 4.90 Å². The summed E-state index contributed by atoms with van der Waals surface area (Å²) >= 11 is 0. The highest BCUT2D eigenvalue weighted by molar-refractivity contribution is 5.97. The van der Waals surface area contributed by atoms with Gasteiger partial charge in [0.2, 0.25) is 0 Å². The second kappa shape index (κ2) is 11.4. The lowest BCUT2D eigenvalue weighted by atomic mass is 10.0. The quantitative estimate of drug-likeness (QED) is 0.355. The number of nitrogens with zero attached hydrogens (tertiary/aromatic N) is 3. The lowest BCUT2D eigenvalue weighted by Gasteiger charge is -2.24. The van der Waals surface area contributed by atoms with Gasteiger partial charge in [0.25, 0.3) is 0 Å². The van der Waals surface area contributed by atoms with E-state index in [-0.39, 0.29) is 43.1 Å². The minimum atomic E-state index is -0.810. The highest BCUT2D eigenvalue weighted by atomic mass is 19.1. The van der Waals surface area contributed by atoms with E-state index in [2.05, 4.69) is 15.3 Å². The van der Waals surface area contributed by atoms with Crippen LogP contribution >= 0.6 is 0 Å². The fourth-order valence-corrected chi connectivity index (χ4v) is 5.15. The molecule has 2 saturated heterocycles. The Balaban J connectivity index is 1.23. The van der Waals surface area contributed by atoms with Crippen molar-refractivity contribution in [3.8, 4) is 5.75 Å². The maximum Gasteiger partial charge on any atom is 0.195 e. The molecule has 3 aliphatic rings. The molecule has 6 rings (SSSR count). The normalized spacial score (nSPS) is 22.0. The summed E-state index contributed by atoms with van der Waals surface area (Å²) in [6, 6.07) is 8.13. The topological polar surface area (TPSA) is 112 Å². The Morgan fingerprint density at radius 3 is 2.66 bits per heavy atom. The largest absolute Gasteiger partial charge is 0.491 e. The van der Waals surface area contributed by atoms with Crippen LogP contribution in [0.3, 0.4) is 0 Å². The molecule has 0 amide bonds. The van der Waals surface area contributed by atoms with Crippen molar-refractivity contribution in [3.05, 3.63) is 65.5 Å². The van der Waals surface area contributed by atoms with Gasteiger partial charge in [-0.1, -0.05) is 0 Å². The number of rotatable bonds is 10. The third-order valence-corrected chi connectivity index (χ3v) is 7.83. The molecule has 3 fully saturated rings. The molecule has 3 aromatic rings. The number of carbonyl (C=O) groups excluding carboxylic acids is 1. The van der Waals surface area contributed by atoms with Crippen LogP contribution in [-0.2, 0) is 20.7 Å². The third-order valence-electron chi connectivity index (χ3n) is 7.83. The zero-order valence-electron chi connectivity index (χ0n) is 22.9. The highest BCUT2D eigenvalue weighted by Gasteiger charge is 2.39. The van der Waals surface area contributed by atoms with Crippen molar-refractivity contribution in [2.45, 2.75) is 43.9 Å². The van der Waals surface area contributed by atoms with E-state index in [9.17, 15) is 9.18 Å². The second-order valence-electron chi connectivity index (χ2n) is 11.1. The van der Waals surface area contributed by atoms with Crippen LogP contribution in [0, 0.1) is 12.7 Å². The summed E-state index contributed by atoms with van der Waals surface area (Å²) in [7, 11) is 0. The van der Waals surface area contributed by atoms with E-state index >= 15 is 4.39 Å². The van der Waals surface area contributed by atoms with Crippen LogP contribution < -0.4 is 15.8 Å². The Bertz CT molecular complexity index is 1480. The summed E-state index contributed by atoms with van der Waals surface area (Å²) in [6.45, 7) is 4.63. The van der Waals surface area contributed by atoms with Crippen molar-refractivity contribution in [1.29, 1.82) is 0 Å². The lowest BCUT2D eigenvalue weighted by molar-refractivity contribution is -0.116. The number of aromatic nitrogens is 2. The first-order valence-corrected chi connectivity index (χ1v) is 13.8. The van der Waals surface area contributed by atoms with E-state index in [0.29, 0.717) is 65.6 Å². The minimum Gasteiger partial charge on any atom is -0.491 e. The van der Waals surface area contributed by atoms with Crippen molar-refractivity contribution >= 4 is 28.2 Å². The number of likely N-dealkylation sites (tertiary alicyclic amines) is 1. The summed E-state index contributed by atoms with van der Waals surface area (Å²) in [6.07, 6.45) is 4.18. The number of anilines is 2. The summed E-state index contributed by atoms with van der Waals surface area (Å²) in [5.74, 6) is -0.883. The van der Waals surface area contributed by atoms with Gasteiger partial charge >= 0.3 is 0 Å². The van der Waals surface area contributed by atoms with Gasteiger partial charge in [-0.25, -0.2) is 18.7 Å². The molecule has 0 spiro atoms. The summed E-state index contributed by atoms with van der Waals surface area (Å²) in [5.41, 5.74) is 8.05. The third kappa shape index (κ3) is 6.38. The van der Waals surface area contributed by atoms with Gasteiger partial charge < -0.3 is 25.3 Å². The molecule has 1 aromatic heterocycles. The SMILES string of the molecule is Cc1cc(Nc2ncnc3cc(OCC4(N)CC4)c(CC(=O)/C(F)=C/CN4C[C@@H]5OCCO[C@H]5C4)cc23)ccc1F. The van der Waals surface area contributed by atoms with Gasteiger partial charge in [-0.2, -0.15) is 0 Å². The fourth-order valence-electron chi connectivity index (χ4n) is 5.15. The average Bonchev–Trinajstić information content (AvgIpc) is 3.55. The number of nitrogens with two attached hydrogens (primary N) is 1. The molecular formula is C30H33F2N5O4. The highest BCUT2D eigenvalue weighted by Crippen LogP contribution is 2.35. The van der Waals surface area contributed by atoms with E-state index < -0.39 is 11.6 Å². The van der Waals surface area contributed by atoms with Gasteiger partial charge in [-0.3, -0.25) is 9.69 Å². The van der Waals surface area contributed by atoms with Crippen LogP contribution in [-0.4, -0.2) is 77.9 Å². The number of nitrogens with one attached hydrogen (secondary N) is 1. The molecule has 0 radical (unpaired) electrons. The monoisotopic (exact) mass is 565 g/mol. The number of carbonyl (C=O) groups is 1. The minimum absolute atomic E-state index is 0.0191. The number of benzene rings is 2. The Morgan fingerprint density at radius 2 is 1.95 bits per heavy atom. The second-order valence-corrected chi connectivity index (χ2v) is 11.1. The molecule has 1 aliphatic carbocycles. The molecule has 0 bridgehead atoms. The predicted molar refractivity (Wildman–Crippen MR) is 149 cm³/mol. The Hall–Kier alpha value is -3.51. The van der Waals surface area contributed by atoms with Gasteiger partial charge in [-0.15, -0.1) is 0 Å². The molecule has 41 heavy (non-hydrogen) atoms. The van der Waals surface area contributed by atoms with Crippen LogP contribution in [0.25, 0.3) is 10.9 Å². The number of ether oxygens (including phenoxy) is 3. The maximum absolute atomic E-state index is 15.1. The predicted octanol–water partition coefficient (Wildman–Crippen LogP) is 3.76. The van der Waals surface area contributed by atoms with Crippen molar-refractivity contribution in [2.75, 3.05) is 44.8 Å². The summed E-state index contributed by atoms with van der Waals surface area (Å²) < 4.78 is 46.4. The van der Waals surface area contributed by atoms with E-state index in [1.54, 1.807) is 31.2 Å². The number of hydrogen-bond acceptors (Lipinski definition) is 9. The van der Waals surface area contributed by atoms with Crippen LogP contribution in [0.4, 0.5) is 20.3 Å². The Morgan fingerprint density at radius 1 is 1.20 bits per heavy atom. The fraction of sp³-hybridized carbons (Fsp3) is 0.433. The van der Waals surface area contributed by atoms with Gasteiger partial charge in [0.15, 0.2) is 11.6 Å². The number of Topliss-reactive ketones (excluding diaryl/α,β-unsaturated/α-hetero) is 1. The summed E-state index contributed by atoms with van der Waals surface area (Å²) in [4.78, 5) is 23.8. The Kier molecular flexibility index (Phi) is 7.69. The average molecular weight is 566 g/mol. The molecule has 3 heterocycles. The first-order chi connectivity index (χ1) is 19.8. The molecular weight excluding hydrogens is 532 g/mol. The molecule has 2 aromatic carbocycles. The van der Waals surface area contributed by atoms with Gasteiger partial charge in [-0.05, 0) is 55.7 Å². The van der Waals surface area contributed by atoms with Crippen LogP contribution in [0.5, 0.6) is 5.75 Å². The number of allylic oxidation sites excluding steroid dienone is 1. The van der Waals surface area contributed by atoms with Gasteiger partial charge in [0.1, 0.15) is 30.3 Å². The molecule has 2 aliphatic heterocycles. The molecule has 1 saturated carbocycles. The number of ketones is 1. The van der Waals surface area contributed by atoms with E-state index in [0.717, 1.165) is 12.8 Å². The number of fused-ring (bicyclic) bond motifs is 2. The van der Waals surface area contributed by atoms with Crippen molar-refractivity contribution in [3.63, 3.8) is 0 Å². The van der Waals surface area contributed by atoms with Crippen LogP contribution in [0.15, 0.2) is 48.6 Å². The molecule has 216 valence electrons. The number of hydrogen-bond donors (Lipinski definition) is 2. The van der Waals surface area contributed by atoms with E-state index in [4.69, 9.17) is 19.9 Å². The van der Waals surface area contributed by atoms with Crippen molar-refractivity contribution in [1.82, 2.24) is 14.9 Å². The molecule has 11 heteroatoms. The molecule has 0 unspecified atom stereocenters. The van der Waals surface area contributed by atoms with Crippen molar-refractivity contribution < 1.29 is 27.8 Å². The number of halogens is 2. The van der Waals surface area contributed by atoms with E-state index in [1.165, 1.54) is 18.5 Å². The zero-order chi connectivity index (χ0) is 28.6. The number of aryl methyl sites for hydroxylation is 1. The zero-order valence-corrected chi connectivity index (χ0v) is 22.9. The Labute approximate surface area is 236 Å².